The van der Waals surface area contributed by atoms with Crippen LogP contribution >= 0.6 is 0 Å². The maximum Gasteiger partial charge on any atom is 0.126 e. The Bertz CT molecular complexity index is 559. The van der Waals surface area contributed by atoms with Gasteiger partial charge in [-0.1, -0.05) is 24.3 Å². The van der Waals surface area contributed by atoms with Gasteiger partial charge in [-0.3, -0.25) is 0 Å². The van der Waals surface area contributed by atoms with Crippen LogP contribution in [0.5, 0.6) is 5.75 Å². The Morgan fingerprint density at radius 2 is 2.11 bits per heavy atom. The predicted octanol–water partition coefficient (Wildman–Crippen LogP) is 2.61. The molecule has 2 unspecified atom stereocenters. The molecule has 0 N–H and O–H groups in total. The van der Waals surface area contributed by atoms with E-state index in [1.807, 2.05) is 12.1 Å². The van der Waals surface area contributed by atoms with E-state index in [1.165, 1.54) is 16.7 Å². The Balaban J connectivity index is 1.61. The first-order valence-electron chi connectivity index (χ1n) is 6.72. The highest BCUT2D eigenvalue weighted by Crippen LogP contribution is 2.34. The van der Waals surface area contributed by atoms with Gasteiger partial charge in [0.15, 0.2) is 0 Å². The summed E-state index contributed by atoms with van der Waals surface area (Å²) in [5, 5.41) is 0. The molecule has 0 spiro atoms. The molecule has 1 fully saturated rings. The molecule has 3 aliphatic rings. The van der Waals surface area contributed by atoms with E-state index in [-0.39, 0.29) is 6.10 Å². The van der Waals surface area contributed by atoms with E-state index >= 15 is 0 Å². The Morgan fingerprint density at radius 1 is 1.11 bits per heavy atom. The molecule has 2 heterocycles. The SMILES string of the molecule is C1=CC(Oc2cccc3c2COC3)C2COCC2=C1. The summed E-state index contributed by atoms with van der Waals surface area (Å²) >= 11 is 0. The van der Waals surface area contributed by atoms with Crippen LogP contribution < -0.4 is 4.74 Å². The zero-order chi connectivity index (χ0) is 12.7. The van der Waals surface area contributed by atoms with Crippen LogP contribution in [0.3, 0.4) is 0 Å². The van der Waals surface area contributed by atoms with Gasteiger partial charge in [0.05, 0.1) is 26.4 Å². The Morgan fingerprint density at radius 3 is 3.11 bits per heavy atom. The van der Waals surface area contributed by atoms with Gasteiger partial charge in [-0.15, -0.1) is 0 Å². The quantitative estimate of drug-likeness (QED) is 0.814. The first-order chi connectivity index (χ1) is 9.42. The largest absolute Gasteiger partial charge is 0.485 e. The third kappa shape index (κ3) is 1.90. The van der Waals surface area contributed by atoms with Crippen LogP contribution in [0.4, 0.5) is 0 Å². The Kier molecular flexibility index (Phi) is 2.67. The number of fused-ring (bicyclic) bond motifs is 2. The van der Waals surface area contributed by atoms with Gasteiger partial charge in [-0.25, -0.2) is 0 Å². The van der Waals surface area contributed by atoms with Gasteiger partial charge in [0.2, 0.25) is 0 Å². The van der Waals surface area contributed by atoms with E-state index in [1.54, 1.807) is 0 Å². The van der Waals surface area contributed by atoms with E-state index in [9.17, 15) is 0 Å². The summed E-state index contributed by atoms with van der Waals surface area (Å²) in [6, 6.07) is 6.18. The minimum Gasteiger partial charge on any atom is -0.485 e. The molecule has 0 aromatic heterocycles. The number of allylic oxidation sites excluding steroid dienone is 2. The smallest absolute Gasteiger partial charge is 0.126 e. The summed E-state index contributed by atoms with van der Waals surface area (Å²) < 4.78 is 17.3. The summed E-state index contributed by atoms with van der Waals surface area (Å²) in [5.41, 5.74) is 3.79. The van der Waals surface area contributed by atoms with Crippen molar-refractivity contribution in [3.63, 3.8) is 0 Å². The topological polar surface area (TPSA) is 27.7 Å². The molecular formula is C16H16O3. The van der Waals surface area contributed by atoms with E-state index in [2.05, 4.69) is 24.3 Å². The molecule has 3 nitrogen and oxygen atoms in total. The third-order valence-electron chi connectivity index (χ3n) is 4.05. The van der Waals surface area contributed by atoms with Crippen LogP contribution in [0.2, 0.25) is 0 Å². The highest BCUT2D eigenvalue weighted by Gasteiger charge is 2.32. The average molecular weight is 256 g/mol. The lowest BCUT2D eigenvalue weighted by Gasteiger charge is -2.25. The molecule has 0 saturated carbocycles. The molecule has 0 amide bonds. The maximum atomic E-state index is 6.22. The lowest BCUT2D eigenvalue weighted by atomic mass is 9.92. The van der Waals surface area contributed by atoms with Crippen molar-refractivity contribution in [3.05, 3.63) is 53.1 Å². The Hall–Kier alpha value is -1.58. The zero-order valence-corrected chi connectivity index (χ0v) is 10.7. The molecule has 0 bridgehead atoms. The molecule has 4 rings (SSSR count). The Labute approximate surface area is 112 Å². The molecule has 1 saturated heterocycles. The van der Waals surface area contributed by atoms with Crippen LogP contribution in [0.15, 0.2) is 42.0 Å². The fourth-order valence-electron chi connectivity index (χ4n) is 2.97. The molecule has 98 valence electrons. The van der Waals surface area contributed by atoms with Crippen molar-refractivity contribution in [1.82, 2.24) is 0 Å². The second-order valence-electron chi connectivity index (χ2n) is 5.22. The van der Waals surface area contributed by atoms with Crippen molar-refractivity contribution in [3.8, 4) is 5.75 Å². The van der Waals surface area contributed by atoms with Crippen molar-refractivity contribution in [2.45, 2.75) is 19.3 Å². The summed E-state index contributed by atoms with van der Waals surface area (Å²) in [4.78, 5) is 0. The fraction of sp³-hybridized carbons (Fsp3) is 0.375. The first-order valence-corrected chi connectivity index (χ1v) is 6.72. The molecule has 3 heteroatoms. The van der Waals surface area contributed by atoms with Crippen molar-refractivity contribution in [1.29, 1.82) is 0 Å². The number of hydrogen-bond donors (Lipinski definition) is 0. The van der Waals surface area contributed by atoms with Crippen molar-refractivity contribution in [2.24, 2.45) is 5.92 Å². The number of ether oxygens (including phenoxy) is 3. The molecule has 1 aliphatic carbocycles. The van der Waals surface area contributed by atoms with Gasteiger partial charge in [0.25, 0.3) is 0 Å². The lowest BCUT2D eigenvalue weighted by molar-refractivity contribution is 0.126. The van der Waals surface area contributed by atoms with Gasteiger partial charge in [-0.2, -0.15) is 0 Å². The number of rotatable bonds is 2. The molecule has 2 aliphatic heterocycles. The van der Waals surface area contributed by atoms with Gasteiger partial charge in [0, 0.05) is 11.5 Å². The number of hydrogen-bond acceptors (Lipinski definition) is 3. The van der Waals surface area contributed by atoms with Crippen LogP contribution in [-0.2, 0) is 22.7 Å². The van der Waals surface area contributed by atoms with E-state index < -0.39 is 0 Å². The van der Waals surface area contributed by atoms with Crippen LogP contribution in [0.1, 0.15) is 11.1 Å². The minimum absolute atomic E-state index is 0.0783. The van der Waals surface area contributed by atoms with Gasteiger partial charge >= 0.3 is 0 Å². The average Bonchev–Trinajstić information content (AvgIpc) is 3.08. The van der Waals surface area contributed by atoms with Gasteiger partial charge in [-0.05, 0) is 23.3 Å². The first kappa shape index (κ1) is 11.3. The minimum atomic E-state index is 0.0783. The second kappa shape index (κ2) is 4.51. The second-order valence-corrected chi connectivity index (χ2v) is 5.22. The summed E-state index contributed by atoms with van der Waals surface area (Å²) in [7, 11) is 0. The normalized spacial score (nSPS) is 27.9. The maximum absolute atomic E-state index is 6.22. The summed E-state index contributed by atoms with van der Waals surface area (Å²) in [6.45, 7) is 2.85. The summed E-state index contributed by atoms with van der Waals surface area (Å²) in [5.74, 6) is 1.32. The molecule has 1 aromatic rings. The van der Waals surface area contributed by atoms with Crippen molar-refractivity contribution in [2.75, 3.05) is 13.2 Å². The van der Waals surface area contributed by atoms with Crippen LogP contribution in [0, 0.1) is 5.92 Å². The molecule has 2 atom stereocenters. The lowest BCUT2D eigenvalue weighted by Crippen LogP contribution is -2.28. The molecule has 1 aromatic carbocycles. The number of benzene rings is 1. The van der Waals surface area contributed by atoms with E-state index in [4.69, 9.17) is 14.2 Å². The fourth-order valence-corrected chi connectivity index (χ4v) is 2.97. The van der Waals surface area contributed by atoms with Crippen LogP contribution in [0.25, 0.3) is 0 Å². The van der Waals surface area contributed by atoms with Gasteiger partial charge in [0.1, 0.15) is 11.9 Å². The van der Waals surface area contributed by atoms with Crippen molar-refractivity contribution >= 4 is 0 Å². The molecule has 0 radical (unpaired) electrons. The van der Waals surface area contributed by atoms with E-state index in [0.717, 1.165) is 19.0 Å². The predicted molar refractivity (Wildman–Crippen MR) is 70.9 cm³/mol. The third-order valence-corrected chi connectivity index (χ3v) is 4.05. The van der Waals surface area contributed by atoms with Crippen LogP contribution in [-0.4, -0.2) is 19.3 Å². The molecule has 19 heavy (non-hydrogen) atoms. The zero-order valence-electron chi connectivity index (χ0n) is 10.7. The highest BCUT2D eigenvalue weighted by atomic mass is 16.5. The van der Waals surface area contributed by atoms with Gasteiger partial charge < -0.3 is 14.2 Å². The molecular weight excluding hydrogens is 240 g/mol. The monoisotopic (exact) mass is 256 g/mol. The van der Waals surface area contributed by atoms with E-state index in [0.29, 0.717) is 19.1 Å². The highest BCUT2D eigenvalue weighted by molar-refractivity contribution is 5.42. The standard InChI is InChI=1S/C16H16O3/c1-3-11-7-17-9-13(11)15(5-1)19-16-6-2-4-12-8-18-10-14(12)16/h1-6,13,15H,7-10H2. The summed E-state index contributed by atoms with van der Waals surface area (Å²) in [6.07, 6.45) is 6.42. The van der Waals surface area contributed by atoms with Crippen molar-refractivity contribution < 1.29 is 14.2 Å².